The Hall–Kier alpha value is -1.10. The second kappa shape index (κ2) is 6.42. The average molecular weight is 332 g/mol. The normalized spacial score (nSPS) is 32.0. The highest BCUT2D eigenvalue weighted by atomic mass is 32.2. The molecule has 2 bridgehead atoms. The van der Waals surface area contributed by atoms with Gasteiger partial charge in [-0.05, 0) is 41.7 Å². The van der Waals surface area contributed by atoms with Crippen LogP contribution in [0.4, 0.5) is 0 Å². The van der Waals surface area contributed by atoms with Crippen molar-refractivity contribution >= 4 is 17.5 Å². The molecule has 2 aliphatic carbocycles. The lowest BCUT2D eigenvalue weighted by Gasteiger charge is -2.33. The Morgan fingerprint density at radius 2 is 2.04 bits per heavy atom. The number of ether oxygens (including phenoxy) is 2. The molecule has 124 valence electrons. The summed E-state index contributed by atoms with van der Waals surface area (Å²) >= 11 is 1.66. The molecule has 0 N–H and O–H groups in total. The number of hydrogen-bond donors (Lipinski definition) is 0. The monoisotopic (exact) mass is 332 g/mol. The Morgan fingerprint density at radius 1 is 1.30 bits per heavy atom. The summed E-state index contributed by atoms with van der Waals surface area (Å²) in [6.45, 7) is 4.59. The van der Waals surface area contributed by atoms with Gasteiger partial charge in [0.05, 0.1) is 5.41 Å². The Bertz CT molecular complexity index is 596. The van der Waals surface area contributed by atoms with Crippen LogP contribution in [0.15, 0.2) is 46.7 Å². The molecular weight excluding hydrogens is 308 g/mol. The fourth-order valence-corrected chi connectivity index (χ4v) is 5.02. The van der Waals surface area contributed by atoms with Crippen LogP contribution in [0.5, 0.6) is 0 Å². The Labute approximate surface area is 142 Å². The van der Waals surface area contributed by atoms with E-state index in [-0.39, 0.29) is 30.0 Å². The molecule has 0 unspecified atom stereocenters. The number of hydrogen-bond acceptors (Lipinski definition) is 4. The van der Waals surface area contributed by atoms with Crippen LogP contribution in [0, 0.1) is 16.7 Å². The summed E-state index contributed by atoms with van der Waals surface area (Å²) in [5, 5.41) is 2.08. The fraction of sp³-hybridized carbons (Fsp3) is 0.526. The minimum absolute atomic E-state index is 0.0732. The molecule has 1 aromatic carbocycles. The van der Waals surface area contributed by atoms with Gasteiger partial charge < -0.3 is 9.47 Å². The van der Waals surface area contributed by atoms with Crippen molar-refractivity contribution in [3.8, 4) is 0 Å². The zero-order chi connectivity index (χ0) is 16.5. The average Bonchev–Trinajstić information content (AvgIpc) is 2.88. The third kappa shape index (κ3) is 2.67. The fourth-order valence-electron chi connectivity index (χ4n) is 4.25. The molecule has 0 amide bonds. The van der Waals surface area contributed by atoms with Crippen molar-refractivity contribution in [2.45, 2.75) is 37.7 Å². The van der Waals surface area contributed by atoms with Gasteiger partial charge in [0.15, 0.2) is 5.78 Å². The van der Waals surface area contributed by atoms with Gasteiger partial charge in [-0.3, -0.25) is 4.79 Å². The first-order chi connectivity index (χ1) is 11.0. The van der Waals surface area contributed by atoms with Gasteiger partial charge in [0.25, 0.3) is 0 Å². The van der Waals surface area contributed by atoms with Crippen molar-refractivity contribution < 1.29 is 14.3 Å². The molecule has 0 saturated heterocycles. The van der Waals surface area contributed by atoms with E-state index in [4.69, 9.17) is 9.47 Å². The van der Waals surface area contributed by atoms with Crippen LogP contribution in [0.3, 0.4) is 0 Å². The Kier molecular flexibility index (Phi) is 4.68. The number of Topliss-reactive ketones (excluding diaryl/α,β-unsaturated/α-hetero) is 1. The van der Waals surface area contributed by atoms with Crippen molar-refractivity contribution in [2.75, 3.05) is 13.9 Å². The highest BCUT2D eigenvalue weighted by molar-refractivity contribution is 8.02. The van der Waals surface area contributed by atoms with E-state index in [1.54, 1.807) is 18.9 Å². The van der Waals surface area contributed by atoms with Crippen molar-refractivity contribution in [3.63, 3.8) is 0 Å². The quantitative estimate of drug-likeness (QED) is 0.575. The zero-order valence-electron chi connectivity index (χ0n) is 14.0. The van der Waals surface area contributed by atoms with E-state index < -0.39 is 5.41 Å². The standard InChI is InChI=1S/C19H24O3S/c1-18(2)15-9-10-19(18,17(20)16(15)22-13-21-3)11-12-23-14-7-5-4-6-8-14/h4-8,11-12,15-16H,9-10,13H2,1-3H3/t15-,16-,19-/m1/s1. The van der Waals surface area contributed by atoms with E-state index in [0.29, 0.717) is 0 Å². The number of carbonyl (C=O) groups excluding carboxylic acids is 1. The van der Waals surface area contributed by atoms with Crippen molar-refractivity contribution in [3.05, 3.63) is 41.8 Å². The lowest BCUT2D eigenvalue weighted by molar-refractivity contribution is -0.146. The highest BCUT2D eigenvalue weighted by Crippen LogP contribution is 2.65. The summed E-state index contributed by atoms with van der Waals surface area (Å²) in [6, 6.07) is 10.2. The molecule has 23 heavy (non-hydrogen) atoms. The predicted molar refractivity (Wildman–Crippen MR) is 92.1 cm³/mol. The van der Waals surface area contributed by atoms with E-state index in [1.807, 2.05) is 18.2 Å². The van der Waals surface area contributed by atoms with Gasteiger partial charge in [-0.25, -0.2) is 0 Å². The maximum atomic E-state index is 13.0. The minimum Gasteiger partial charge on any atom is -0.359 e. The van der Waals surface area contributed by atoms with Gasteiger partial charge in [-0.2, -0.15) is 0 Å². The maximum absolute atomic E-state index is 13.0. The molecule has 3 rings (SSSR count). The topological polar surface area (TPSA) is 35.5 Å². The molecule has 2 fully saturated rings. The molecule has 3 atom stereocenters. The summed E-state index contributed by atoms with van der Waals surface area (Å²) in [5.41, 5.74) is -0.478. The molecule has 0 spiro atoms. The van der Waals surface area contributed by atoms with Crippen LogP contribution in [0.2, 0.25) is 0 Å². The lowest BCUT2D eigenvalue weighted by Crippen LogP contribution is -2.37. The van der Waals surface area contributed by atoms with Gasteiger partial charge in [0.1, 0.15) is 12.9 Å². The molecular formula is C19H24O3S. The van der Waals surface area contributed by atoms with Gasteiger partial charge in [-0.1, -0.05) is 49.9 Å². The van der Waals surface area contributed by atoms with Crippen LogP contribution in [-0.4, -0.2) is 25.8 Å². The molecule has 0 heterocycles. The van der Waals surface area contributed by atoms with Gasteiger partial charge >= 0.3 is 0 Å². The second-order valence-electron chi connectivity index (χ2n) is 6.93. The summed E-state index contributed by atoms with van der Waals surface area (Å²) in [6.07, 6.45) is 3.75. The number of rotatable bonds is 6. The number of fused-ring (bicyclic) bond motifs is 2. The third-order valence-corrected chi connectivity index (χ3v) is 6.47. The molecule has 2 saturated carbocycles. The number of ketones is 1. The number of allylic oxidation sites excluding steroid dienone is 1. The summed E-state index contributed by atoms with van der Waals surface area (Å²) in [7, 11) is 1.59. The first kappa shape index (κ1) is 16.7. The smallest absolute Gasteiger partial charge is 0.172 e. The molecule has 4 heteroatoms. The summed E-state index contributed by atoms with van der Waals surface area (Å²) < 4.78 is 10.7. The first-order valence-electron chi connectivity index (χ1n) is 8.07. The summed E-state index contributed by atoms with van der Waals surface area (Å²) in [4.78, 5) is 14.2. The van der Waals surface area contributed by atoms with Gasteiger partial charge in [-0.15, -0.1) is 0 Å². The van der Waals surface area contributed by atoms with Crippen LogP contribution in [-0.2, 0) is 14.3 Å². The van der Waals surface area contributed by atoms with E-state index in [2.05, 4.69) is 37.5 Å². The lowest BCUT2D eigenvalue weighted by atomic mass is 9.69. The molecule has 1 aromatic rings. The molecule has 2 aliphatic rings. The van der Waals surface area contributed by atoms with Gasteiger partial charge in [0, 0.05) is 12.0 Å². The van der Waals surface area contributed by atoms with Crippen LogP contribution in [0.25, 0.3) is 0 Å². The van der Waals surface area contributed by atoms with Crippen LogP contribution in [0.1, 0.15) is 26.7 Å². The second-order valence-corrected chi connectivity index (χ2v) is 7.91. The minimum atomic E-state index is -0.405. The Balaban J connectivity index is 1.80. The molecule has 0 radical (unpaired) electrons. The van der Waals surface area contributed by atoms with E-state index >= 15 is 0 Å². The first-order valence-corrected chi connectivity index (χ1v) is 8.95. The number of carbonyl (C=O) groups is 1. The van der Waals surface area contributed by atoms with Gasteiger partial charge in [0.2, 0.25) is 0 Å². The third-order valence-electron chi connectivity index (χ3n) is 5.66. The van der Waals surface area contributed by atoms with Crippen molar-refractivity contribution in [1.29, 1.82) is 0 Å². The van der Waals surface area contributed by atoms with E-state index in [1.165, 1.54) is 4.90 Å². The predicted octanol–water partition coefficient (Wildman–Crippen LogP) is 4.29. The largest absolute Gasteiger partial charge is 0.359 e. The molecule has 0 aromatic heterocycles. The SMILES string of the molecule is COCO[C@H]1C(=O)[C@]2(C=CSc3ccccc3)CC[C@H]1C2(C)C. The molecule has 3 nitrogen and oxygen atoms in total. The zero-order valence-corrected chi connectivity index (χ0v) is 14.8. The Morgan fingerprint density at radius 3 is 2.74 bits per heavy atom. The molecule has 0 aliphatic heterocycles. The van der Waals surface area contributed by atoms with Crippen molar-refractivity contribution in [1.82, 2.24) is 0 Å². The number of thioether (sulfide) groups is 1. The number of benzene rings is 1. The highest BCUT2D eigenvalue weighted by Gasteiger charge is 2.68. The van der Waals surface area contributed by atoms with Crippen LogP contribution >= 0.6 is 11.8 Å². The van der Waals surface area contributed by atoms with Crippen molar-refractivity contribution in [2.24, 2.45) is 16.7 Å². The van der Waals surface area contributed by atoms with Crippen LogP contribution < -0.4 is 0 Å². The maximum Gasteiger partial charge on any atom is 0.172 e. The number of methoxy groups -OCH3 is 1. The summed E-state index contributed by atoms with van der Waals surface area (Å²) in [5.74, 6) is 0.497. The van der Waals surface area contributed by atoms with E-state index in [0.717, 1.165) is 12.8 Å². The van der Waals surface area contributed by atoms with E-state index in [9.17, 15) is 4.79 Å².